The van der Waals surface area contributed by atoms with E-state index in [9.17, 15) is 5.26 Å². The molecule has 0 bridgehead atoms. The Labute approximate surface area is 196 Å². The van der Waals surface area contributed by atoms with Crippen LogP contribution in [0.3, 0.4) is 0 Å². The Morgan fingerprint density at radius 3 is 2.73 bits per heavy atom. The van der Waals surface area contributed by atoms with Crippen molar-refractivity contribution in [3.8, 4) is 17.3 Å². The Kier molecular flexibility index (Phi) is 6.08. The van der Waals surface area contributed by atoms with Gasteiger partial charge in [0.15, 0.2) is 0 Å². The van der Waals surface area contributed by atoms with Gasteiger partial charge in [-0.2, -0.15) is 5.26 Å². The number of nitriles is 1. The van der Waals surface area contributed by atoms with Crippen LogP contribution in [0.25, 0.3) is 17.0 Å². The molecule has 0 aliphatic heterocycles. The van der Waals surface area contributed by atoms with E-state index in [0.717, 1.165) is 22.5 Å². The number of allylic oxidation sites excluding steroid dienone is 4. The second-order valence-electron chi connectivity index (χ2n) is 9.67. The van der Waals surface area contributed by atoms with Crippen LogP contribution in [-0.2, 0) is 4.43 Å². The summed E-state index contributed by atoms with van der Waals surface area (Å²) in [6, 6.07) is 11.4. The molecule has 0 saturated heterocycles. The third-order valence-corrected chi connectivity index (χ3v) is 6.44. The van der Waals surface area contributed by atoms with Crippen molar-refractivity contribution in [2.24, 2.45) is 5.41 Å². The minimum absolute atomic E-state index is 0.0986. The molecule has 5 nitrogen and oxygen atoms in total. The minimum atomic E-state index is -2.07. The van der Waals surface area contributed by atoms with Gasteiger partial charge in [-0.05, 0) is 42.3 Å². The van der Waals surface area contributed by atoms with E-state index >= 15 is 4.39 Å². The lowest BCUT2D eigenvalue weighted by Crippen LogP contribution is -2.27. The molecule has 0 N–H and O–H groups in total. The molecule has 0 amide bonds. The summed E-state index contributed by atoms with van der Waals surface area (Å²) in [6.45, 7) is 10.7. The van der Waals surface area contributed by atoms with Crippen LogP contribution in [0.4, 0.5) is 4.39 Å². The first-order valence-electron chi connectivity index (χ1n) is 11.0. The molecule has 3 unspecified atom stereocenters. The van der Waals surface area contributed by atoms with E-state index in [1.807, 2.05) is 47.0 Å². The van der Waals surface area contributed by atoms with Gasteiger partial charge in [0.25, 0.3) is 0 Å². The lowest BCUT2D eigenvalue weighted by Gasteiger charge is -2.31. The van der Waals surface area contributed by atoms with Crippen LogP contribution >= 0.6 is 0 Å². The third-order valence-electron chi connectivity index (χ3n) is 5.73. The zero-order valence-corrected chi connectivity index (χ0v) is 20.6. The maximum Gasteiger partial charge on any atom is 0.234 e. The number of alkyl halides is 1. The summed E-state index contributed by atoms with van der Waals surface area (Å²) in [5.41, 5.74) is 1.17. The fourth-order valence-corrected chi connectivity index (χ4v) is 5.07. The molecule has 4 rings (SSSR count). The molecule has 3 atom stereocenters. The second-order valence-corrected chi connectivity index (χ2v) is 11.7. The number of rotatable bonds is 5. The molecule has 1 aromatic carbocycles. The number of hydrogen-bond acceptors (Lipinski definition) is 4. The maximum absolute atomic E-state index is 15.1. The van der Waals surface area contributed by atoms with Gasteiger partial charge in [0.05, 0.1) is 29.6 Å². The van der Waals surface area contributed by atoms with Crippen LogP contribution in [-0.4, -0.2) is 29.1 Å². The van der Waals surface area contributed by atoms with Crippen LogP contribution in [0.2, 0.25) is 13.1 Å². The van der Waals surface area contributed by atoms with Gasteiger partial charge in [-0.1, -0.05) is 57.2 Å². The normalized spacial score (nSPS) is 21.5. The van der Waals surface area contributed by atoms with Crippen molar-refractivity contribution >= 4 is 14.8 Å². The van der Waals surface area contributed by atoms with Crippen molar-refractivity contribution in [1.82, 2.24) is 14.4 Å². The van der Waals surface area contributed by atoms with E-state index in [0.29, 0.717) is 5.78 Å². The number of nitrogens with zero attached hydrogens (tertiary/aromatic N) is 4. The maximum atomic E-state index is 15.1. The van der Waals surface area contributed by atoms with Crippen LogP contribution < -0.4 is 0 Å². The summed E-state index contributed by atoms with van der Waals surface area (Å²) >= 11 is 0. The highest BCUT2D eigenvalue weighted by Crippen LogP contribution is 2.38. The molecular formula is C26H28FN4OSi. The topological polar surface area (TPSA) is 63.2 Å². The molecule has 3 aromatic rings. The lowest BCUT2D eigenvalue weighted by atomic mass is 9.81. The van der Waals surface area contributed by atoms with E-state index in [1.54, 1.807) is 24.4 Å². The highest BCUT2D eigenvalue weighted by atomic mass is 28.3. The van der Waals surface area contributed by atoms with Gasteiger partial charge in [0.2, 0.25) is 20.5 Å². The average Bonchev–Trinajstić information content (AvgIpc) is 3.20. The Hall–Kier alpha value is -3.08. The predicted octanol–water partition coefficient (Wildman–Crippen LogP) is 6.19. The fraction of sp³-hybridized carbons (Fsp3) is 0.346. The highest BCUT2D eigenvalue weighted by Gasteiger charge is 2.38. The van der Waals surface area contributed by atoms with Gasteiger partial charge in [0, 0.05) is 11.8 Å². The first-order valence-corrected chi connectivity index (χ1v) is 13.4. The molecule has 0 fully saturated rings. The number of imidazole rings is 1. The second kappa shape index (κ2) is 8.69. The van der Waals surface area contributed by atoms with Crippen molar-refractivity contribution in [3.05, 3.63) is 78.3 Å². The Morgan fingerprint density at radius 1 is 1.24 bits per heavy atom. The molecule has 7 heteroatoms. The van der Waals surface area contributed by atoms with Gasteiger partial charge < -0.3 is 4.43 Å². The van der Waals surface area contributed by atoms with Gasteiger partial charge in [-0.15, -0.1) is 0 Å². The first kappa shape index (κ1) is 23.1. The quantitative estimate of drug-likeness (QED) is 0.427. The number of benzene rings is 1. The predicted molar refractivity (Wildman–Crippen MR) is 130 cm³/mol. The molecule has 1 aliphatic carbocycles. The van der Waals surface area contributed by atoms with Crippen molar-refractivity contribution < 1.29 is 8.82 Å². The highest BCUT2D eigenvalue weighted by molar-refractivity contribution is 6.48. The summed E-state index contributed by atoms with van der Waals surface area (Å²) in [6.07, 6.45) is 10.0. The summed E-state index contributed by atoms with van der Waals surface area (Å²) in [5.74, 6) is -0.0794. The Balaban J connectivity index is 1.72. The van der Waals surface area contributed by atoms with Crippen LogP contribution in [0, 0.1) is 16.7 Å². The molecule has 0 spiro atoms. The van der Waals surface area contributed by atoms with E-state index in [1.165, 1.54) is 6.08 Å². The first-order chi connectivity index (χ1) is 15.6. The molecule has 2 aromatic heterocycles. The Bertz CT molecular complexity index is 1270. The minimum Gasteiger partial charge on any atom is -0.408 e. The van der Waals surface area contributed by atoms with Crippen LogP contribution in [0.5, 0.6) is 0 Å². The molecule has 0 saturated carbocycles. The summed E-state index contributed by atoms with van der Waals surface area (Å²) in [7, 11) is -0.911. The number of aromatic nitrogens is 3. The fourth-order valence-electron chi connectivity index (χ4n) is 4.13. The molecule has 169 valence electrons. The lowest BCUT2D eigenvalue weighted by molar-refractivity contribution is 0.0828. The van der Waals surface area contributed by atoms with Gasteiger partial charge in [0.1, 0.15) is 6.07 Å². The molecule has 33 heavy (non-hydrogen) atoms. The van der Waals surface area contributed by atoms with E-state index in [4.69, 9.17) is 9.41 Å². The van der Waals surface area contributed by atoms with Gasteiger partial charge >= 0.3 is 0 Å². The smallest absolute Gasteiger partial charge is 0.234 e. The van der Waals surface area contributed by atoms with Crippen molar-refractivity contribution in [3.63, 3.8) is 0 Å². The van der Waals surface area contributed by atoms with Gasteiger partial charge in [-0.25, -0.2) is 14.4 Å². The average molecular weight is 460 g/mol. The SMILES string of the molecule is C[Si](C)OC(c1ccn2c(-c3cccc(C4C=CC=CC4(F)C#N)c3)cnc2n1)C(C)(C)C. The number of fused-ring (bicyclic) bond motifs is 1. The summed E-state index contributed by atoms with van der Waals surface area (Å²) in [4.78, 5) is 9.35. The van der Waals surface area contributed by atoms with Gasteiger partial charge in [-0.3, -0.25) is 4.40 Å². The third kappa shape index (κ3) is 4.54. The van der Waals surface area contributed by atoms with Crippen molar-refractivity contribution in [2.45, 2.75) is 51.6 Å². The monoisotopic (exact) mass is 459 g/mol. The van der Waals surface area contributed by atoms with E-state index in [2.05, 4.69) is 38.8 Å². The zero-order valence-electron chi connectivity index (χ0n) is 19.6. The largest absolute Gasteiger partial charge is 0.408 e. The molecule has 1 aliphatic rings. The van der Waals surface area contributed by atoms with Crippen LogP contribution in [0.1, 0.15) is 44.1 Å². The molecular weight excluding hydrogens is 431 g/mol. The zero-order chi connectivity index (χ0) is 23.8. The summed E-state index contributed by atoms with van der Waals surface area (Å²) in [5, 5.41) is 9.42. The number of halogens is 1. The standard InChI is InChI=1S/C26H28FN4OSi/c1-25(2,3)23(32-33(4)5)21-12-14-31-22(16-29-24(31)30-21)19-10-8-9-18(15-19)20-11-6-7-13-26(20,27)17-28/h6-16,20,23H,1-5H3. The molecule has 1 radical (unpaired) electrons. The van der Waals surface area contributed by atoms with Crippen molar-refractivity contribution in [1.29, 1.82) is 5.26 Å². The van der Waals surface area contributed by atoms with Crippen LogP contribution in [0.15, 0.2) is 67.0 Å². The Morgan fingerprint density at radius 2 is 2.03 bits per heavy atom. The number of hydrogen-bond donors (Lipinski definition) is 0. The van der Waals surface area contributed by atoms with E-state index in [-0.39, 0.29) is 11.5 Å². The van der Waals surface area contributed by atoms with Crippen molar-refractivity contribution in [2.75, 3.05) is 0 Å². The van der Waals surface area contributed by atoms with E-state index < -0.39 is 20.6 Å². The summed E-state index contributed by atoms with van der Waals surface area (Å²) < 4.78 is 23.4. The molecule has 2 heterocycles.